The molecule has 97 heavy (non-hydrogen) atoms. The van der Waals surface area contributed by atoms with E-state index >= 15 is 0 Å². The van der Waals surface area contributed by atoms with E-state index in [0.29, 0.717) is 25.7 Å². The smallest absolute Gasteiger partial charge is 0.462 e. The molecule has 0 aliphatic carbocycles. The molecule has 0 aromatic carbocycles. The minimum Gasteiger partial charge on any atom is -0.462 e. The predicted octanol–water partition coefficient (Wildman–Crippen LogP) is 23.0. The molecule has 0 aliphatic heterocycles. The summed E-state index contributed by atoms with van der Waals surface area (Å²) >= 11 is 0. The number of aliphatic hydroxyl groups excluding tert-OH is 1. The summed E-state index contributed by atoms with van der Waals surface area (Å²) in [5, 5.41) is 10.6. The summed E-state index contributed by atoms with van der Waals surface area (Å²) in [7, 11) is -9.91. The standard InChI is InChI=1S/C78H152O17P2/c1-8-9-10-11-12-13-14-15-16-17-18-19-20-21-22-23-24-31-40-47-54-61-77(82)94-73(65-88-75(80)59-52-45-38-32-25-28-35-42-49-56-69(2)3)67-92-96(84,85)90-63-72(79)64-91-97(86,87)93-68-74(95-78(83)62-55-48-41-34-27-30-37-44-51-58-71(6)7)66-89-76(81)60-53-46-39-33-26-29-36-43-50-57-70(4)5/h69-74,79H,8-68H2,1-7H3,(H,84,85)(H,86,87)/t72-,73-,74-/m1/s1. The van der Waals surface area contributed by atoms with E-state index in [-0.39, 0.29) is 25.7 Å². The van der Waals surface area contributed by atoms with Crippen molar-refractivity contribution in [2.45, 2.75) is 420 Å². The number of rotatable bonds is 76. The van der Waals surface area contributed by atoms with Crippen molar-refractivity contribution in [3.63, 3.8) is 0 Å². The molecule has 2 unspecified atom stereocenters. The summed E-state index contributed by atoms with van der Waals surface area (Å²) < 4.78 is 68.6. The first kappa shape index (κ1) is 95.1. The van der Waals surface area contributed by atoms with Crippen molar-refractivity contribution in [1.29, 1.82) is 0 Å². The van der Waals surface area contributed by atoms with Gasteiger partial charge in [-0.25, -0.2) is 9.13 Å². The van der Waals surface area contributed by atoms with Gasteiger partial charge in [-0.1, -0.05) is 350 Å². The molecule has 19 heteroatoms. The van der Waals surface area contributed by atoms with Crippen LogP contribution in [-0.2, 0) is 65.4 Å². The second kappa shape index (κ2) is 68.5. The number of hydrogen-bond donors (Lipinski definition) is 3. The topological polar surface area (TPSA) is 237 Å². The summed E-state index contributed by atoms with van der Waals surface area (Å²) in [6.07, 6.45) is 55.7. The zero-order valence-corrected chi connectivity index (χ0v) is 65.3. The Kier molecular flexibility index (Phi) is 67.1. The third-order valence-electron chi connectivity index (χ3n) is 18.1. The molecule has 0 aromatic heterocycles. The van der Waals surface area contributed by atoms with Gasteiger partial charge >= 0.3 is 39.5 Å². The van der Waals surface area contributed by atoms with Crippen molar-refractivity contribution in [3.8, 4) is 0 Å². The van der Waals surface area contributed by atoms with Crippen LogP contribution in [0.1, 0.15) is 402 Å². The predicted molar refractivity (Wildman–Crippen MR) is 395 cm³/mol. The van der Waals surface area contributed by atoms with Gasteiger partial charge in [0.2, 0.25) is 0 Å². The highest BCUT2D eigenvalue weighted by molar-refractivity contribution is 7.47. The maximum Gasteiger partial charge on any atom is 0.472 e. The molecule has 0 aliphatic rings. The monoisotopic (exact) mass is 1420 g/mol. The number of phosphoric ester groups is 2. The SMILES string of the molecule is CCCCCCCCCCCCCCCCCCCCCCCC(=O)O[C@H](COC(=O)CCCCCCCCCCCC(C)C)COP(=O)(O)OC[C@@H](O)COP(=O)(O)OC[C@@H](COC(=O)CCCCCCCCCCCC(C)C)OC(=O)CCCCCCCCCCCC(C)C. The Hall–Kier alpha value is -1.94. The first-order chi connectivity index (χ1) is 46.7. The van der Waals surface area contributed by atoms with E-state index in [0.717, 1.165) is 108 Å². The van der Waals surface area contributed by atoms with Gasteiger partial charge in [0.05, 0.1) is 26.4 Å². The van der Waals surface area contributed by atoms with Crippen LogP contribution in [0.3, 0.4) is 0 Å². The summed E-state index contributed by atoms with van der Waals surface area (Å²) in [6, 6.07) is 0. The minimum atomic E-state index is -4.96. The van der Waals surface area contributed by atoms with E-state index in [4.69, 9.17) is 37.0 Å². The third-order valence-corrected chi connectivity index (χ3v) is 20.0. The average Bonchev–Trinajstić information content (AvgIpc) is 1.40. The van der Waals surface area contributed by atoms with Crippen molar-refractivity contribution in [1.82, 2.24) is 0 Å². The molecule has 17 nitrogen and oxygen atoms in total. The van der Waals surface area contributed by atoms with Crippen LogP contribution in [0.4, 0.5) is 0 Å². The van der Waals surface area contributed by atoms with E-state index in [1.165, 1.54) is 212 Å². The van der Waals surface area contributed by atoms with Gasteiger partial charge in [-0.15, -0.1) is 0 Å². The summed E-state index contributed by atoms with van der Waals surface area (Å²) in [4.78, 5) is 72.9. The maximum absolute atomic E-state index is 13.1. The molecule has 0 fully saturated rings. The zero-order valence-electron chi connectivity index (χ0n) is 63.5. The lowest BCUT2D eigenvalue weighted by atomic mass is 10.0. The summed E-state index contributed by atoms with van der Waals surface area (Å²) in [6.45, 7) is 11.8. The van der Waals surface area contributed by atoms with Crippen molar-refractivity contribution in [3.05, 3.63) is 0 Å². The fraction of sp³-hybridized carbons (Fsp3) is 0.949. The van der Waals surface area contributed by atoms with E-state index in [1.807, 2.05) is 0 Å². The van der Waals surface area contributed by atoms with Crippen LogP contribution in [0, 0.1) is 17.8 Å². The number of carbonyl (C=O) groups is 4. The van der Waals surface area contributed by atoms with Crippen LogP contribution in [0.15, 0.2) is 0 Å². The number of esters is 4. The Labute approximate surface area is 594 Å². The van der Waals surface area contributed by atoms with Crippen LogP contribution < -0.4 is 0 Å². The van der Waals surface area contributed by atoms with Crippen LogP contribution in [0.5, 0.6) is 0 Å². The van der Waals surface area contributed by atoms with Crippen LogP contribution in [0.2, 0.25) is 0 Å². The van der Waals surface area contributed by atoms with E-state index in [9.17, 15) is 43.2 Å². The Morgan fingerprint density at radius 2 is 0.474 bits per heavy atom. The molecule has 5 atom stereocenters. The number of carbonyl (C=O) groups excluding carboxylic acids is 4. The Morgan fingerprint density at radius 3 is 0.701 bits per heavy atom. The molecule has 0 aromatic rings. The van der Waals surface area contributed by atoms with Gasteiger partial charge in [0, 0.05) is 25.7 Å². The fourth-order valence-corrected chi connectivity index (χ4v) is 13.5. The molecule has 0 rings (SSSR count). The first-order valence-electron chi connectivity index (χ1n) is 40.3. The van der Waals surface area contributed by atoms with E-state index in [2.05, 4.69) is 48.5 Å². The van der Waals surface area contributed by atoms with Gasteiger partial charge in [-0.2, -0.15) is 0 Å². The summed E-state index contributed by atoms with van der Waals surface area (Å²) in [5.74, 6) is 0.106. The van der Waals surface area contributed by atoms with E-state index in [1.54, 1.807) is 0 Å². The number of phosphoric acid groups is 2. The van der Waals surface area contributed by atoms with Crippen molar-refractivity contribution >= 4 is 39.5 Å². The van der Waals surface area contributed by atoms with Crippen molar-refractivity contribution < 1.29 is 80.2 Å². The largest absolute Gasteiger partial charge is 0.472 e. The molecule has 0 radical (unpaired) electrons. The second-order valence-electron chi connectivity index (χ2n) is 29.5. The lowest BCUT2D eigenvalue weighted by Crippen LogP contribution is -2.30. The number of hydrogen-bond acceptors (Lipinski definition) is 15. The van der Waals surface area contributed by atoms with Gasteiger partial charge in [0.15, 0.2) is 12.2 Å². The van der Waals surface area contributed by atoms with Gasteiger partial charge < -0.3 is 33.8 Å². The lowest BCUT2D eigenvalue weighted by Gasteiger charge is -2.21. The van der Waals surface area contributed by atoms with Gasteiger partial charge in [0.1, 0.15) is 19.3 Å². The average molecular weight is 1420 g/mol. The first-order valence-corrected chi connectivity index (χ1v) is 43.3. The Morgan fingerprint density at radius 1 is 0.278 bits per heavy atom. The van der Waals surface area contributed by atoms with Gasteiger partial charge in [-0.3, -0.25) is 37.3 Å². The van der Waals surface area contributed by atoms with Crippen molar-refractivity contribution in [2.24, 2.45) is 17.8 Å². The van der Waals surface area contributed by atoms with Gasteiger partial charge in [-0.05, 0) is 43.4 Å². The number of aliphatic hydroxyl groups is 1. The van der Waals surface area contributed by atoms with Gasteiger partial charge in [0.25, 0.3) is 0 Å². The molecular weight excluding hydrogens is 1270 g/mol. The van der Waals surface area contributed by atoms with E-state index < -0.39 is 97.5 Å². The molecule has 0 bridgehead atoms. The second-order valence-corrected chi connectivity index (χ2v) is 32.4. The maximum atomic E-state index is 13.1. The fourth-order valence-electron chi connectivity index (χ4n) is 12.0. The Bertz CT molecular complexity index is 1890. The minimum absolute atomic E-state index is 0.105. The molecule has 3 N–H and O–H groups in total. The van der Waals surface area contributed by atoms with Crippen LogP contribution in [-0.4, -0.2) is 96.7 Å². The normalized spacial score (nSPS) is 14.0. The Balaban J connectivity index is 5.21. The number of unbranched alkanes of at least 4 members (excludes halogenated alkanes) is 44. The van der Waals surface area contributed by atoms with Crippen molar-refractivity contribution in [2.75, 3.05) is 39.6 Å². The highest BCUT2D eigenvalue weighted by atomic mass is 31.2. The molecule has 0 spiro atoms. The third kappa shape index (κ3) is 72.2. The molecular formula is C78H152O17P2. The highest BCUT2D eigenvalue weighted by Crippen LogP contribution is 2.45. The van der Waals surface area contributed by atoms with Crippen LogP contribution >= 0.6 is 15.6 Å². The molecule has 0 saturated heterocycles. The zero-order chi connectivity index (χ0) is 71.6. The molecule has 0 heterocycles. The highest BCUT2D eigenvalue weighted by Gasteiger charge is 2.30. The quantitative estimate of drug-likeness (QED) is 0.0222. The molecule has 0 saturated carbocycles. The number of ether oxygens (including phenoxy) is 4. The lowest BCUT2D eigenvalue weighted by molar-refractivity contribution is -0.161. The van der Waals surface area contributed by atoms with Crippen LogP contribution in [0.25, 0.3) is 0 Å². The summed E-state index contributed by atoms with van der Waals surface area (Å²) in [5.41, 5.74) is 0. The molecule has 0 amide bonds. The molecule has 576 valence electrons.